The van der Waals surface area contributed by atoms with E-state index >= 15 is 0 Å². The molecule has 0 aliphatic rings. The number of rotatable bonds is 10. The summed E-state index contributed by atoms with van der Waals surface area (Å²) in [4.78, 5) is 26.3. The van der Waals surface area contributed by atoms with E-state index in [9.17, 15) is 4.79 Å². The maximum Gasteiger partial charge on any atom is 0.350 e. The molecule has 29 heavy (non-hydrogen) atoms. The lowest BCUT2D eigenvalue weighted by Gasteiger charge is -2.16. The van der Waals surface area contributed by atoms with Crippen molar-refractivity contribution >= 4 is 34.6 Å². The van der Waals surface area contributed by atoms with E-state index in [2.05, 4.69) is 31.0 Å². The van der Waals surface area contributed by atoms with E-state index in [4.69, 9.17) is 4.74 Å². The first-order chi connectivity index (χ1) is 13.9. The molecule has 0 amide bonds. The number of carbonyl (C=O) groups is 1. The number of thiazole rings is 2. The van der Waals surface area contributed by atoms with Crippen molar-refractivity contribution in [3.63, 3.8) is 0 Å². The predicted molar refractivity (Wildman–Crippen MR) is 120 cm³/mol. The van der Waals surface area contributed by atoms with Crippen molar-refractivity contribution in [3.05, 3.63) is 31.7 Å². The van der Waals surface area contributed by atoms with Crippen molar-refractivity contribution in [2.24, 2.45) is 4.99 Å². The van der Waals surface area contributed by atoms with Gasteiger partial charge in [0.2, 0.25) is 0 Å². The van der Waals surface area contributed by atoms with E-state index in [0.717, 1.165) is 49.0 Å². The van der Waals surface area contributed by atoms with E-state index in [1.54, 1.807) is 18.3 Å². The maximum atomic E-state index is 12.0. The van der Waals surface area contributed by atoms with Crippen LogP contribution < -0.4 is 10.6 Å². The number of hydrogen-bond acceptors (Lipinski definition) is 7. The number of aromatic nitrogens is 2. The average molecular weight is 438 g/mol. The Balaban J connectivity index is 1.88. The third-order valence-corrected chi connectivity index (χ3v) is 6.42. The molecule has 0 spiro atoms. The Bertz CT molecular complexity index is 816. The normalized spacial score (nSPS) is 12.7. The van der Waals surface area contributed by atoms with E-state index in [1.807, 2.05) is 27.7 Å². The fourth-order valence-electron chi connectivity index (χ4n) is 2.67. The van der Waals surface area contributed by atoms with E-state index in [1.165, 1.54) is 16.3 Å². The zero-order chi connectivity index (χ0) is 21.2. The summed E-state index contributed by atoms with van der Waals surface area (Å²) in [5.41, 5.74) is 1.80. The van der Waals surface area contributed by atoms with Crippen LogP contribution >= 0.6 is 22.7 Å². The van der Waals surface area contributed by atoms with Crippen LogP contribution in [-0.4, -0.2) is 41.6 Å². The lowest BCUT2D eigenvalue weighted by Crippen LogP contribution is -2.38. The number of carbonyl (C=O) groups excluding carboxylic acids is 1. The van der Waals surface area contributed by atoms with Gasteiger partial charge in [-0.05, 0) is 53.9 Å². The number of guanidine groups is 1. The fourth-order valence-corrected chi connectivity index (χ4v) is 4.45. The van der Waals surface area contributed by atoms with Crippen molar-refractivity contribution in [2.45, 2.75) is 59.9 Å². The molecule has 0 aliphatic carbocycles. The van der Waals surface area contributed by atoms with Crippen LogP contribution in [-0.2, 0) is 11.2 Å². The highest BCUT2D eigenvalue weighted by Gasteiger charge is 2.20. The molecule has 2 heterocycles. The van der Waals surface area contributed by atoms with Gasteiger partial charge in [-0.25, -0.2) is 14.8 Å². The molecule has 2 aromatic heterocycles. The second kappa shape index (κ2) is 11.9. The van der Waals surface area contributed by atoms with Gasteiger partial charge in [-0.1, -0.05) is 0 Å². The van der Waals surface area contributed by atoms with Crippen molar-refractivity contribution < 1.29 is 9.53 Å². The summed E-state index contributed by atoms with van der Waals surface area (Å²) in [6, 6.07) is -0.0574. The molecule has 7 nitrogen and oxygen atoms in total. The average Bonchev–Trinajstić information content (AvgIpc) is 3.27. The molecule has 2 rings (SSSR count). The standard InChI is InChI=1S/C20H31N5O2S2/c1-6-21-20(22-11-9-8-10-16-23-13(3)12-28-16)25-15(5)18-24-14(4)17(29-18)19(26)27-7-2/h12,15H,6-11H2,1-5H3,(H2,21,22,25). The van der Waals surface area contributed by atoms with E-state index in [-0.39, 0.29) is 12.0 Å². The number of esters is 1. The third kappa shape index (κ3) is 7.40. The first-order valence-corrected chi connectivity index (χ1v) is 11.7. The Labute approximate surface area is 181 Å². The molecule has 0 saturated heterocycles. The van der Waals surface area contributed by atoms with Crippen LogP contribution in [0.5, 0.6) is 0 Å². The molecule has 0 fully saturated rings. The van der Waals surface area contributed by atoms with Crippen LogP contribution in [0.3, 0.4) is 0 Å². The number of nitrogens with zero attached hydrogens (tertiary/aromatic N) is 3. The quantitative estimate of drug-likeness (QED) is 0.252. The number of aliphatic imine (C=N–C) groups is 1. The molecule has 9 heteroatoms. The van der Waals surface area contributed by atoms with Crippen molar-refractivity contribution in [1.29, 1.82) is 0 Å². The number of ether oxygens (including phenoxy) is 1. The molecule has 1 atom stereocenters. The van der Waals surface area contributed by atoms with E-state index < -0.39 is 0 Å². The largest absolute Gasteiger partial charge is 0.462 e. The number of nitrogens with one attached hydrogen (secondary N) is 2. The van der Waals surface area contributed by atoms with Gasteiger partial charge < -0.3 is 15.4 Å². The van der Waals surface area contributed by atoms with Gasteiger partial charge in [0.25, 0.3) is 0 Å². The summed E-state index contributed by atoms with van der Waals surface area (Å²) in [5, 5.41) is 10.8. The predicted octanol–water partition coefficient (Wildman–Crippen LogP) is 4.03. The lowest BCUT2D eigenvalue weighted by atomic mass is 10.2. The molecule has 160 valence electrons. The maximum absolute atomic E-state index is 12.0. The Kier molecular flexibility index (Phi) is 9.53. The van der Waals surface area contributed by atoms with Gasteiger partial charge in [-0.15, -0.1) is 22.7 Å². The minimum Gasteiger partial charge on any atom is -0.462 e. The third-order valence-electron chi connectivity index (χ3n) is 4.08. The van der Waals surface area contributed by atoms with Crippen LogP contribution in [0.4, 0.5) is 0 Å². The summed E-state index contributed by atoms with van der Waals surface area (Å²) in [5.74, 6) is 0.451. The van der Waals surface area contributed by atoms with Gasteiger partial charge in [0.05, 0.1) is 23.4 Å². The van der Waals surface area contributed by atoms with Gasteiger partial charge >= 0.3 is 5.97 Å². The van der Waals surface area contributed by atoms with Crippen molar-refractivity contribution in [3.8, 4) is 0 Å². The first-order valence-electron chi connectivity index (χ1n) is 10.0. The molecule has 0 aliphatic heterocycles. The van der Waals surface area contributed by atoms with Gasteiger partial charge in [0.15, 0.2) is 5.96 Å². The molecule has 2 aromatic rings. The number of hydrogen-bond donors (Lipinski definition) is 2. The Morgan fingerprint density at radius 1 is 1.28 bits per heavy atom. The minimum atomic E-state index is -0.308. The fraction of sp³-hybridized carbons (Fsp3) is 0.600. The first kappa shape index (κ1) is 23.3. The van der Waals surface area contributed by atoms with Crippen LogP contribution in [0.2, 0.25) is 0 Å². The summed E-state index contributed by atoms with van der Waals surface area (Å²) in [6.45, 7) is 11.6. The monoisotopic (exact) mass is 437 g/mol. The Morgan fingerprint density at radius 2 is 2.07 bits per heavy atom. The van der Waals surface area contributed by atoms with Gasteiger partial charge in [0.1, 0.15) is 9.88 Å². The Morgan fingerprint density at radius 3 is 2.72 bits per heavy atom. The van der Waals surface area contributed by atoms with Crippen LogP contribution in [0.15, 0.2) is 10.4 Å². The summed E-state index contributed by atoms with van der Waals surface area (Å²) < 4.78 is 5.10. The summed E-state index contributed by atoms with van der Waals surface area (Å²) >= 11 is 3.10. The molecule has 0 radical (unpaired) electrons. The van der Waals surface area contributed by atoms with Crippen molar-refractivity contribution in [1.82, 2.24) is 20.6 Å². The highest BCUT2D eigenvalue weighted by atomic mass is 32.1. The van der Waals surface area contributed by atoms with Gasteiger partial charge in [-0.2, -0.15) is 0 Å². The van der Waals surface area contributed by atoms with Gasteiger partial charge in [0, 0.05) is 24.2 Å². The van der Waals surface area contributed by atoms with Crippen molar-refractivity contribution in [2.75, 3.05) is 19.7 Å². The minimum absolute atomic E-state index is 0.0574. The molecular weight excluding hydrogens is 406 g/mol. The number of aryl methyl sites for hydroxylation is 3. The summed E-state index contributed by atoms with van der Waals surface area (Å²) in [7, 11) is 0. The molecule has 0 aromatic carbocycles. The lowest BCUT2D eigenvalue weighted by molar-refractivity contribution is 0.0531. The summed E-state index contributed by atoms with van der Waals surface area (Å²) in [6.07, 6.45) is 3.08. The van der Waals surface area contributed by atoms with Gasteiger partial charge in [-0.3, -0.25) is 4.99 Å². The number of unbranched alkanes of at least 4 members (excludes halogenated alkanes) is 1. The Hall–Kier alpha value is -2.00. The van der Waals surface area contributed by atoms with Crippen LogP contribution in [0.25, 0.3) is 0 Å². The molecule has 1 unspecified atom stereocenters. The highest BCUT2D eigenvalue weighted by molar-refractivity contribution is 7.13. The zero-order valence-corrected chi connectivity index (χ0v) is 19.5. The molecule has 0 saturated carbocycles. The van der Waals surface area contributed by atoms with E-state index in [0.29, 0.717) is 17.2 Å². The topological polar surface area (TPSA) is 88.5 Å². The SMILES string of the molecule is CCNC(=NCCCCc1nc(C)cs1)NC(C)c1nc(C)c(C(=O)OCC)s1. The molecular formula is C20H31N5O2S2. The van der Waals surface area contributed by atoms with Crippen LogP contribution in [0.1, 0.15) is 70.7 Å². The molecule has 2 N–H and O–H groups in total. The van der Waals surface area contributed by atoms with Crippen LogP contribution in [0, 0.1) is 13.8 Å². The second-order valence-corrected chi connectivity index (χ2v) is 8.63. The second-order valence-electron chi connectivity index (χ2n) is 6.65. The zero-order valence-electron chi connectivity index (χ0n) is 17.9. The highest BCUT2D eigenvalue weighted by Crippen LogP contribution is 2.24. The smallest absolute Gasteiger partial charge is 0.350 e. The molecule has 0 bridgehead atoms.